The zero-order chi connectivity index (χ0) is 13.8. The van der Waals surface area contributed by atoms with Crippen LogP contribution in [-0.2, 0) is 0 Å². The summed E-state index contributed by atoms with van der Waals surface area (Å²) in [5.74, 6) is 0. The minimum Gasteiger partial charge on any atom is -0.322 e. The van der Waals surface area contributed by atoms with Crippen molar-refractivity contribution in [1.29, 1.82) is 0 Å². The van der Waals surface area contributed by atoms with Gasteiger partial charge < -0.3 is 5.73 Å². The molecule has 4 nitrogen and oxygen atoms in total. The van der Waals surface area contributed by atoms with Crippen LogP contribution in [0.1, 0.15) is 23.2 Å². The molecule has 0 radical (unpaired) electrons. The predicted octanol–water partition coefficient (Wildman–Crippen LogP) is 2.57. The first kappa shape index (κ1) is 12.6. The molecule has 0 saturated heterocycles. The molecule has 1 heterocycles. The van der Waals surface area contributed by atoms with Gasteiger partial charge in [-0.2, -0.15) is 5.10 Å². The molecule has 0 bridgehead atoms. The predicted molar refractivity (Wildman–Crippen MR) is 78.0 cm³/mol. The molecule has 2 N–H and O–H groups in total. The van der Waals surface area contributed by atoms with Gasteiger partial charge in [0.15, 0.2) is 0 Å². The fourth-order valence-corrected chi connectivity index (χ4v) is 2.39. The molecule has 0 saturated carbocycles. The highest BCUT2D eigenvalue weighted by Crippen LogP contribution is 2.29. The van der Waals surface area contributed by atoms with Crippen molar-refractivity contribution >= 4 is 0 Å². The van der Waals surface area contributed by atoms with E-state index >= 15 is 0 Å². The van der Waals surface area contributed by atoms with E-state index in [-0.39, 0.29) is 12.1 Å². The fourth-order valence-electron chi connectivity index (χ4n) is 2.39. The maximum atomic E-state index is 6.47. The van der Waals surface area contributed by atoms with Crippen LogP contribution in [0.3, 0.4) is 0 Å². The monoisotopic (exact) mass is 264 g/mol. The molecule has 0 fully saturated rings. The molecule has 2 atom stereocenters. The molecular formula is C16H16N4. The van der Waals surface area contributed by atoms with Crippen molar-refractivity contribution in [1.82, 2.24) is 14.8 Å². The standard InChI is InChI=1S/C16H16N4/c17-15(13-7-3-1-4-8-13)16(20-12-18-11-19-20)14-9-5-2-6-10-14/h1-12,15-16H,17H2. The van der Waals surface area contributed by atoms with Gasteiger partial charge in [-0.1, -0.05) is 60.7 Å². The zero-order valence-electron chi connectivity index (χ0n) is 11.0. The Kier molecular flexibility index (Phi) is 3.56. The Labute approximate surface area is 117 Å². The van der Waals surface area contributed by atoms with Crippen LogP contribution in [0.2, 0.25) is 0 Å². The molecule has 0 aliphatic carbocycles. The molecule has 3 rings (SSSR count). The van der Waals surface area contributed by atoms with E-state index in [4.69, 9.17) is 5.73 Å². The van der Waals surface area contributed by atoms with Crippen molar-refractivity contribution in [2.24, 2.45) is 5.73 Å². The van der Waals surface area contributed by atoms with Gasteiger partial charge in [-0.15, -0.1) is 0 Å². The van der Waals surface area contributed by atoms with Crippen molar-refractivity contribution in [3.05, 3.63) is 84.4 Å². The molecule has 0 amide bonds. The average Bonchev–Trinajstić information content (AvgIpc) is 3.03. The molecule has 1 aromatic heterocycles. The van der Waals surface area contributed by atoms with Gasteiger partial charge in [0.2, 0.25) is 0 Å². The SMILES string of the molecule is NC(c1ccccc1)C(c1ccccc1)n1cncn1. The molecule has 2 unspecified atom stereocenters. The molecule has 2 aromatic carbocycles. The van der Waals surface area contributed by atoms with Crippen LogP contribution in [0.15, 0.2) is 73.3 Å². The van der Waals surface area contributed by atoms with E-state index < -0.39 is 0 Å². The number of aromatic nitrogens is 3. The summed E-state index contributed by atoms with van der Waals surface area (Å²) in [6.07, 6.45) is 3.24. The van der Waals surface area contributed by atoms with Crippen LogP contribution in [0.5, 0.6) is 0 Å². The second kappa shape index (κ2) is 5.67. The number of nitrogens with zero attached hydrogens (tertiary/aromatic N) is 3. The van der Waals surface area contributed by atoms with Gasteiger partial charge in [0.05, 0.1) is 12.1 Å². The average molecular weight is 264 g/mol. The van der Waals surface area contributed by atoms with E-state index in [2.05, 4.69) is 22.2 Å². The summed E-state index contributed by atoms with van der Waals surface area (Å²) in [6, 6.07) is 20.0. The molecule has 4 heteroatoms. The first-order chi connectivity index (χ1) is 9.86. The maximum absolute atomic E-state index is 6.47. The lowest BCUT2D eigenvalue weighted by atomic mass is 9.94. The molecule has 20 heavy (non-hydrogen) atoms. The second-order valence-corrected chi connectivity index (χ2v) is 4.67. The smallest absolute Gasteiger partial charge is 0.137 e. The summed E-state index contributed by atoms with van der Waals surface area (Å²) in [5.41, 5.74) is 8.67. The van der Waals surface area contributed by atoms with Crippen molar-refractivity contribution in [3.8, 4) is 0 Å². The normalized spacial score (nSPS) is 13.8. The minimum absolute atomic E-state index is 0.0684. The van der Waals surface area contributed by atoms with Gasteiger partial charge in [-0.25, -0.2) is 9.67 Å². The second-order valence-electron chi connectivity index (χ2n) is 4.67. The third kappa shape index (κ3) is 2.46. The highest BCUT2D eigenvalue weighted by molar-refractivity contribution is 5.27. The van der Waals surface area contributed by atoms with Crippen molar-refractivity contribution < 1.29 is 0 Å². The summed E-state index contributed by atoms with van der Waals surface area (Å²) in [5, 5.41) is 4.27. The van der Waals surface area contributed by atoms with Crippen LogP contribution < -0.4 is 5.73 Å². The third-order valence-corrected chi connectivity index (χ3v) is 3.39. The van der Waals surface area contributed by atoms with Crippen LogP contribution >= 0.6 is 0 Å². The van der Waals surface area contributed by atoms with Gasteiger partial charge >= 0.3 is 0 Å². The van der Waals surface area contributed by atoms with Crippen LogP contribution in [-0.4, -0.2) is 14.8 Å². The van der Waals surface area contributed by atoms with Gasteiger partial charge in [-0.05, 0) is 11.1 Å². The number of rotatable bonds is 4. The Morgan fingerprint density at radius 1 is 0.850 bits per heavy atom. The molecule has 0 spiro atoms. The number of nitrogens with two attached hydrogens (primary N) is 1. The van der Waals surface area contributed by atoms with Crippen LogP contribution in [0, 0.1) is 0 Å². The molecule has 100 valence electrons. The van der Waals surface area contributed by atoms with E-state index in [1.807, 2.05) is 53.2 Å². The quantitative estimate of drug-likeness (QED) is 0.788. The van der Waals surface area contributed by atoms with Crippen molar-refractivity contribution in [2.75, 3.05) is 0 Å². The maximum Gasteiger partial charge on any atom is 0.137 e. The molecule has 0 aliphatic rings. The first-order valence-electron chi connectivity index (χ1n) is 6.56. The highest BCUT2D eigenvalue weighted by atomic mass is 15.3. The van der Waals surface area contributed by atoms with E-state index in [0.29, 0.717) is 0 Å². The Hall–Kier alpha value is -2.46. The van der Waals surface area contributed by atoms with E-state index in [1.165, 1.54) is 6.33 Å². The first-order valence-corrected chi connectivity index (χ1v) is 6.56. The van der Waals surface area contributed by atoms with Gasteiger partial charge in [-0.3, -0.25) is 0 Å². The highest BCUT2D eigenvalue weighted by Gasteiger charge is 2.23. The van der Waals surface area contributed by atoms with Crippen molar-refractivity contribution in [3.63, 3.8) is 0 Å². The van der Waals surface area contributed by atoms with Gasteiger partial charge in [0.1, 0.15) is 12.7 Å². The molecule has 3 aromatic rings. The fraction of sp³-hybridized carbons (Fsp3) is 0.125. The lowest BCUT2D eigenvalue weighted by Crippen LogP contribution is -2.26. The lowest BCUT2D eigenvalue weighted by molar-refractivity contribution is 0.442. The Morgan fingerprint density at radius 2 is 1.45 bits per heavy atom. The van der Waals surface area contributed by atoms with Crippen LogP contribution in [0.25, 0.3) is 0 Å². The summed E-state index contributed by atoms with van der Waals surface area (Å²) >= 11 is 0. The lowest BCUT2D eigenvalue weighted by Gasteiger charge is -2.24. The van der Waals surface area contributed by atoms with Crippen LogP contribution in [0.4, 0.5) is 0 Å². The summed E-state index contributed by atoms with van der Waals surface area (Å²) in [7, 11) is 0. The number of hydrogen-bond donors (Lipinski definition) is 1. The van der Waals surface area contributed by atoms with Gasteiger partial charge in [0.25, 0.3) is 0 Å². The van der Waals surface area contributed by atoms with Gasteiger partial charge in [0, 0.05) is 0 Å². The van der Waals surface area contributed by atoms with Crippen molar-refractivity contribution in [2.45, 2.75) is 12.1 Å². The third-order valence-electron chi connectivity index (χ3n) is 3.39. The summed E-state index contributed by atoms with van der Waals surface area (Å²) in [6.45, 7) is 0. The topological polar surface area (TPSA) is 56.7 Å². The Morgan fingerprint density at radius 3 is 2.00 bits per heavy atom. The zero-order valence-corrected chi connectivity index (χ0v) is 11.0. The summed E-state index contributed by atoms with van der Waals surface area (Å²) in [4.78, 5) is 4.04. The Balaban J connectivity index is 2.03. The Bertz CT molecular complexity index is 635. The summed E-state index contributed by atoms with van der Waals surface area (Å²) < 4.78 is 1.81. The number of benzene rings is 2. The van der Waals surface area contributed by atoms with E-state index in [1.54, 1.807) is 6.33 Å². The molecular weight excluding hydrogens is 248 g/mol. The minimum atomic E-state index is -0.180. The molecule has 0 aliphatic heterocycles. The number of hydrogen-bond acceptors (Lipinski definition) is 3. The largest absolute Gasteiger partial charge is 0.322 e. The van der Waals surface area contributed by atoms with E-state index in [9.17, 15) is 0 Å². The van der Waals surface area contributed by atoms with E-state index in [0.717, 1.165) is 11.1 Å².